The predicted octanol–water partition coefficient (Wildman–Crippen LogP) is 1.99. The summed E-state index contributed by atoms with van der Waals surface area (Å²) in [5, 5.41) is 1.11. The molecule has 2 aliphatic rings. The molecule has 0 saturated carbocycles. The van der Waals surface area contributed by atoms with Gasteiger partial charge in [0.05, 0.1) is 17.8 Å². The first-order valence-corrected chi connectivity index (χ1v) is 6.95. The summed E-state index contributed by atoms with van der Waals surface area (Å²) in [6.45, 7) is 1.49. The van der Waals surface area contributed by atoms with E-state index in [0.717, 1.165) is 30.9 Å². The van der Waals surface area contributed by atoms with Crippen molar-refractivity contribution in [2.24, 2.45) is 5.73 Å². The second-order valence-corrected chi connectivity index (χ2v) is 5.99. The third-order valence-electron chi connectivity index (χ3n) is 3.54. The molecule has 1 unspecified atom stereocenters. The Balaban J connectivity index is 1.90. The maximum absolute atomic E-state index is 6.42. The molecule has 4 heteroatoms. The molecule has 1 aliphatic heterocycles. The highest BCUT2D eigenvalue weighted by molar-refractivity contribution is 7.11. The fourth-order valence-electron chi connectivity index (χ4n) is 2.55. The number of thiazole rings is 1. The van der Waals surface area contributed by atoms with Gasteiger partial charge in [0, 0.05) is 11.5 Å². The molecule has 1 aliphatic carbocycles. The van der Waals surface area contributed by atoms with Gasteiger partial charge in [0.2, 0.25) is 0 Å². The summed E-state index contributed by atoms with van der Waals surface area (Å²) in [4.78, 5) is 6.23. The molecule has 16 heavy (non-hydrogen) atoms. The van der Waals surface area contributed by atoms with Crippen molar-refractivity contribution in [1.82, 2.24) is 4.98 Å². The molecular formula is C12H18N2OS. The Morgan fingerprint density at radius 2 is 2.12 bits per heavy atom. The normalized spacial score (nSPS) is 30.1. The van der Waals surface area contributed by atoms with Crippen LogP contribution >= 0.6 is 11.3 Å². The van der Waals surface area contributed by atoms with Crippen LogP contribution < -0.4 is 5.73 Å². The van der Waals surface area contributed by atoms with Gasteiger partial charge >= 0.3 is 0 Å². The van der Waals surface area contributed by atoms with Crippen LogP contribution in [0.3, 0.4) is 0 Å². The van der Waals surface area contributed by atoms with Crippen molar-refractivity contribution in [3.63, 3.8) is 0 Å². The van der Waals surface area contributed by atoms with Gasteiger partial charge < -0.3 is 10.5 Å². The lowest BCUT2D eigenvalue weighted by molar-refractivity contribution is 0.0365. The monoisotopic (exact) mass is 238 g/mol. The highest BCUT2D eigenvalue weighted by Gasteiger charge is 2.34. The lowest BCUT2D eigenvalue weighted by atomic mass is 9.94. The average Bonchev–Trinajstić information content (AvgIpc) is 2.74. The summed E-state index contributed by atoms with van der Waals surface area (Å²) < 4.78 is 5.51. The first-order valence-electron chi connectivity index (χ1n) is 6.14. The third kappa shape index (κ3) is 1.79. The molecule has 1 aromatic heterocycles. The molecule has 1 saturated heterocycles. The van der Waals surface area contributed by atoms with Crippen LogP contribution in [0, 0.1) is 0 Å². The van der Waals surface area contributed by atoms with E-state index in [1.165, 1.54) is 29.8 Å². The average molecular weight is 238 g/mol. The van der Waals surface area contributed by atoms with Crippen molar-refractivity contribution in [3.8, 4) is 0 Å². The molecule has 88 valence electrons. The number of ether oxygens (including phenoxy) is 1. The molecule has 0 amide bonds. The van der Waals surface area contributed by atoms with E-state index in [4.69, 9.17) is 15.5 Å². The van der Waals surface area contributed by atoms with Gasteiger partial charge in [-0.3, -0.25) is 0 Å². The van der Waals surface area contributed by atoms with Gasteiger partial charge in [-0.1, -0.05) is 0 Å². The Bertz CT molecular complexity index is 359. The molecule has 1 aromatic rings. The molecule has 3 rings (SSSR count). The molecule has 3 nitrogen and oxygen atoms in total. The Hall–Kier alpha value is -0.450. The third-order valence-corrected chi connectivity index (χ3v) is 4.92. The van der Waals surface area contributed by atoms with Crippen molar-refractivity contribution in [2.75, 3.05) is 13.2 Å². The Labute approximate surface area is 100 Å². The lowest BCUT2D eigenvalue weighted by Crippen LogP contribution is -2.44. The van der Waals surface area contributed by atoms with E-state index >= 15 is 0 Å². The SMILES string of the molecule is NC1(c2nc3c(s2)CCCC3)CCCOC1. The van der Waals surface area contributed by atoms with Gasteiger partial charge in [0.15, 0.2) is 0 Å². The molecular weight excluding hydrogens is 220 g/mol. The summed E-state index contributed by atoms with van der Waals surface area (Å²) in [6.07, 6.45) is 7.00. The molecule has 0 radical (unpaired) electrons. The van der Waals surface area contributed by atoms with Gasteiger partial charge in [0.25, 0.3) is 0 Å². The number of aromatic nitrogens is 1. The number of rotatable bonds is 1. The number of aryl methyl sites for hydroxylation is 2. The van der Waals surface area contributed by atoms with Crippen molar-refractivity contribution < 1.29 is 4.74 Å². The first kappa shape index (κ1) is 10.7. The van der Waals surface area contributed by atoms with E-state index in [1.807, 2.05) is 11.3 Å². The molecule has 1 fully saturated rings. The summed E-state index contributed by atoms with van der Waals surface area (Å²) in [5.74, 6) is 0. The number of fused-ring (bicyclic) bond motifs is 1. The summed E-state index contributed by atoms with van der Waals surface area (Å²) in [7, 11) is 0. The largest absolute Gasteiger partial charge is 0.379 e. The van der Waals surface area contributed by atoms with Gasteiger partial charge in [-0.25, -0.2) is 4.98 Å². The van der Waals surface area contributed by atoms with E-state index in [1.54, 1.807) is 0 Å². The topological polar surface area (TPSA) is 48.1 Å². The number of nitrogens with zero attached hydrogens (tertiary/aromatic N) is 1. The minimum absolute atomic E-state index is 0.305. The van der Waals surface area contributed by atoms with Gasteiger partial charge in [-0.15, -0.1) is 11.3 Å². The first-order chi connectivity index (χ1) is 7.78. The van der Waals surface area contributed by atoms with E-state index in [9.17, 15) is 0 Å². The standard InChI is InChI=1S/C12H18N2OS/c13-12(6-3-7-15-8-12)11-14-9-4-1-2-5-10(9)16-11/h1-8,13H2. The smallest absolute Gasteiger partial charge is 0.115 e. The van der Waals surface area contributed by atoms with Crippen molar-refractivity contribution >= 4 is 11.3 Å². The predicted molar refractivity (Wildman–Crippen MR) is 64.7 cm³/mol. The van der Waals surface area contributed by atoms with Gasteiger partial charge in [-0.05, 0) is 38.5 Å². The number of nitrogens with two attached hydrogens (primary N) is 1. The van der Waals surface area contributed by atoms with E-state index in [2.05, 4.69) is 0 Å². The number of hydrogen-bond acceptors (Lipinski definition) is 4. The fourth-order valence-corrected chi connectivity index (χ4v) is 3.82. The minimum atomic E-state index is -0.305. The molecule has 1 atom stereocenters. The van der Waals surface area contributed by atoms with Crippen LogP contribution in [0.4, 0.5) is 0 Å². The zero-order valence-electron chi connectivity index (χ0n) is 9.50. The molecule has 2 heterocycles. The van der Waals surface area contributed by atoms with Gasteiger partial charge in [-0.2, -0.15) is 0 Å². The number of hydrogen-bond donors (Lipinski definition) is 1. The van der Waals surface area contributed by atoms with Crippen LogP contribution in [0.2, 0.25) is 0 Å². The maximum atomic E-state index is 6.42. The highest BCUT2D eigenvalue weighted by atomic mass is 32.1. The Morgan fingerprint density at radius 1 is 1.25 bits per heavy atom. The lowest BCUT2D eigenvalue weighted by Gasteiger charge is -2.31. The zero-order chi connectivity index (χ0) is 11.0. The van der Waals surface area contributed by atoms with Crippen LogP contribution in [0.25, 0.3) is 0 Å². The van der Waals surface area contributed by atoms with Crippen molar-refractivity contribution in [1.29, 1.82) is 0 Å². The summed E-state index contributed by atoms with van der Waals surface area (Å²) in [5.41, 5.74) is 7.42. The fraction of sp³-hybridized carbons (Fsp3) is 0.750. The van der Waals surface area contributed by atoms with Crippen molar-refractivity contribution in [3.05, 3.63) is 15.6 Å². The minimum Gasteiger partial charge on any atom is -0.379 e. The van der Waals surface area contributed by atoms with E-state index in [0.29, 0.717) is 6.61 Å². The Morgan fingerprint density at radius 3 is 2.88 bits per heavy atom. The summed E-state index contributed by atoms with van der Waals surface area (Å²) >= 11 is 1.82. The quantitative estimate of drug-likeness (QED) is 0.814. The highest BCUT2D eigenvalue weighted by Crippen LogP contribution is 2.35. The van der Waals surface area contributed by atoms with Crippen LogP contribution in [0.15, 0.2) is 0 Å². The van der Waals surface area contributed by atoms with Crippen LogP contribution in [0.1, 0.15) is 41.3 Å². The van der Waals surface area contributed by atoms with Crippen LogP contribution in [-0.2, 0) is 23.1 Å². The van der Waals surface area contributed by atoms with Crippen LogP contribution in [-0.4, -0.2) is 18.2 Å². The second kappa shape index (κ2) is 4.09. The van der Waals surface area contributed by atoms with E-state index in [-0.39, 0.29) is 5.54 Å². The van der Waals surface area contributed by atoms with E-state index < -0.39 is 0 Å². The molecule has 0 aromatic carbocycles. The zero-order valence-corrected chi connectivity index (χ0v) is 10.3. The molecule has 0 bridgehead atoms. The molecule has 0 spiro atoms. The second-order valence-electron chi connectivity index (χ2n) is 4.91. The maximum Gasteiger partial charge on any atom is 0.115 e. The van der Waals surface area contributed by atoms with Crippen LogP contribution in [0.5, 0.6) is 0 Å². The molecule has 2 N–H and O–H groups in total. The van der Waals surface area contributed by atoms with Gasteiger partial charge in [0.1, 0.15) is 5.01 Å². The van der Waals surface area contributed by atoms with Crippen molar-refractivity contribution in [2.45, 2.75) is 44.1 Å². The summed E-state index contributed by atoms with van der Waals surface area (Å²) in [6, 6.07) is 0. The Kier molecular flexibility index (Phi) is 2.73.